The maximum atomic E-state index is 11.6. The number of carbonyl (C=O) groups excluding carboxylic acids is 1. The Labute approximate surface area is 121 Å². The van der Waals surface area contributed by atoms with Crippen molar-refractivity contribution < 1.29 is 4.79 Å². The highest BCUT2D eigenvalue weighted by atomic mass is 35.5. The normalized spacial score (nSPS) is 11.2. The smallest absolute Gasteiger partial charge is 0.230 e. The summed E-state index contributed by atoms with van der Waals surface area (Å²) in [6, 6.07) is 5.48. The quantitative estimate of drug-likeness (QED) is 0.834. The minimum atomic E-state index is 0.0252. The second kappa shape index (κ2) is 6.30. The molecule has 0 bridgehead atoms. The van der Waals surface area contributed by atoms with Gasteiger partial charge in [-0.3, -0.25) is 4.79 Å². The predicted octanol–water partition coefficient (Wildman–Crippen LogP) is 3.08. The summed E-state index contributed by atoms with van der Waals surface area (Å²) in [6.45, 7) is 4.84. The molecule has 1 aromatic heterocycles. The number of nitrogens with zero attached hydrogens (tertiary/aromatic N) is 1. The van der Waals surface area contributed by atoms with Crippen LogP contribution in [0.2, 0.25) is 5.02 Å². The summed E-state index contributed by atoms with van der Waals surface area (Å²) >= 11 is 7.30. The molecule has 0 aliphatic heterocycles. The minimum absolute atomic E-state index is 0.0252. The largest absolute Gasteiger partial charge is 0.355 e. The summed E-state index contributed by atoms with van der Waals surface area (Å²) in [7, 11) is 0. The monoisotopic (exact) mass is 297 g/mol. The summed E-state index contributed by atoms with van der Waals surface area (Å²) in [5.41, 5.74) is 1.74. The Morgan fingerprint density at radius 2 is 2.32 bits per heavy atom. The summed E-state index contributed by atoms with van der Waals surface area (Å²) in [6.07, 6.45) is 0. The second-order valence-corrected chi connectivity index (χ2v) is 6.09. The van der Waals surface area contributed by atoms with Crippen LogP contribution < -0.4 is 5.32 Å². The maximum absolute atomic E-state index is 11.6. The Kier molecular flexibility index (Phi) is 4.71. The number of benzene rings is 1. The lowest BCUT2D eigenvalue weighted by Gasteiger charge is -2.06. The van der Waals surface area contributed by atoms with Crippen LogP contribution in [0.25, 0.3) is 11.0 Å². The fourth-order valence-electron chi connectivity index (χ4n) is 1.53. The van der Waals surface area contributed by atoms with Gasteiger partial charge in [0.05, 0.1) is 16.8 Å². The number of aromatic nitrogens is 2. The Hall–Kier alpha value is -1.20. The summed E-state index contributed by atoms with van der Waals surface area (Å²) < 4.78 is 0. The van der Waals surface area contributed by atoms with E-state index in [1.165, 1.54) is 11.8 Å². The zero-order chi connectivity index (χ0) is 13.8. The van der Waals surface area contributed by atoms with Gasteiger partial charge in [0, 0.05) is 11.6 Å². The molecule has 0 radical (unpaired) electrons. The standard InChI is InChI=1S/C13H16ClN3OS/c1-8(2)6-15-12(18)7-19-13-16-10-4-3-9(14)5-11(10)17-13/h3-5,8H,6-7H2,1-2H3,(H,15,18)(H,16,17). The van der Waals surface area contributed by atoms with Crippen LogP contribution in [0.4, 0.5) is 0 Å². The second-order valence-electron chi connectivity index (χ2n) is 4.69. The van der Waals surface area contributed by atoms with Crippen molar-refractivity contribution in [2.24, 2.45) is 5.92 Å². The van der Waals surface area contributed by atoms with Crippen molar-refractivity contribution in [3.05, 3.63) is 23.2 Å². The molecule has 0 aliphatic rings. The molecule has 4 nitrogen and oxygen atoms in total. The molecule has 0 atom stereocenters. The highest BCUT2D eigenvalue weighted by Crippen LogP contribution is 2.21. The third-order valence-electron chi connectivity index (χ3n) is 2.47. The first kappa shape index (κ1) is 14.2. The van der Waals surface area contributed by atoms with Crippen molar-refractivity contribution in [3.63, 3.8) is 0 Å². The molecule has 2 aromatic rings. The van der Waals surface area contributed by atoms with E-state index in [4.69, 9.17) is 11.6 Å². The Balaban J connectivity index is 1.92. The number of H-pyrrole nitrogens is 1. The first-order chi connectivity index (χ1) is 9.04. The number of imidazole rings is 1. The van der Waals surface area contributed by atoms with Gasteiger partial charge in [-0.25, -0.2) is 4.98 Å². The van der Waals surface area contributed by atoms with Gasteiger partial charge in [-0.2, -0.15) is 0 Å². The van der Waals surface area contributed by atoms with Gasteiger partial charge in [-0.05, 0) is 24.1 Å². The van der Waals surface area contributed by atoms with Gasteiger partial charge in [-0.15, -0.1) is 0 Å². The lowest BCUT2D eigenvalue weighted by Crippen LogP contribution is -2.28. The number of thioether (sulfide) groups is 1. The molecule has 0 saturated heterocycles. The van der Waals surface area contributed by atoms with Crippen molar-refractivity contribution in [1.29, 1.82) is 0 Å². The molecule has 102 valence electrons. The predicted molar refractivity (Wildman–Crippen MR) is 79.7 cm³/mol. The van der Waals surface area contributed by atoms with E-state index in [2.05, 4.69) is 29.1 Å². The summed E-state index contributed by atoms with van der Waals surface area (Å²) in [5, 5.41) is 4.27. The van der Waals surface area contributed by atoms with E-state index >= 15 is 0 Å². The first-order valence-corrected chi connectivity index (χ1v) is 7.45. The van der Waals surface area contributed by atoms with Crippen LogP contribution in [0.3, 0.4) is 0 Å². The number of aromatic amines is 1. The van der Waals surface area contributed by atoms with Gasteiger partial charge in [0.25, 0.3) is 0 Å². The number of carbonyl (C=O) groups is 1. The van der Waals surface area contributed by atoms with Gasteiger partial charge in [0.2, 0.25) is 5.91 Å². The van der Waals surface area contributed by atoms with Crippen LogP contribution in [0.5, 0.6) is 0 Å². The molecule has 0 aliphatic carbocycles. The molecule has 19 heavy (non-hydrogen) atoms. The third-order valence-corrected chi connectivity index (χ3v) is 3.58. The average molecular weight is 298 g/mol. The van der Waals surface area contributed by atoms with Crippen LogP contribution in [-0.4, -0.2) is 28.2 Å². The Morgan fingerprint density at radius 1 is 1.53 bits per heavy atom. The van der Waals surface area contributed by atoms with Gasteiger partial charge < -0.3 is 10.3 Å². The van der Waals surface area contributed by atoms with Gasteiger partial charge in [-0.1, -0.05) is 37.2 Å². The zero-order valence-corrected chi connectivity index (χ0v) is 12.4. The van der Waals surface area contributed by atoms with Gasteiger partial charge in [0.1, 0.15) is 0 Å². The fourth-order valence-corrected chi connectivity index (χ4v) is 2.42. The molecule has 0 spiro atoms. The summed E-state index contributed by atoms with van der Waals surface area (Å²) in [5.74, 6) is 0.847. The van der Waals surface area contributed by atoms with Crippen LogP contribution in [0.1, 0.15) is 13.8 Å². The molecule has 0 fully saturated rings. The lowest BCUT2D eigenvalue weighted by atomic mass is 10.2. The highest BCUT2D eigenvalue weighted by molar-refractivity contribution is 7.99. The number of nitrogens with one attached hydrogen (secondary N) is 2. The maximum Gasteiger partial charge on any atom is 0.230 e. The van der Waals surface area contributed by atoms with E-state index in [0.29, 0.717) is 23.2 Å². The molecule has 2 rings (SSSR count). The van der Waals surface area contributed by atoms with E-state index < -0.39 is 0 Å². The molecule has 1 aromatic carbocycles. The van der Waals surface area contributed by atoms with E-state index in [1.807, 2.05) is 12.1 Å². The van der Waals surface area contributed by atoms with Crippen LogP contribution >= 0.6 is 23.4 Å². The van der Waals surface area contributed by atoms with E-state index in [1.54, 1.807) is 6.07 Å². The highest BCUT2D eigenvalue weighted by Gasteiger charge is 2.07. The SMILES string of the molecule is CC(C)CNC(=O)CSc1nc2ccc(Cl)cc2[nH]1. The number of halogens is 1. The number of fused-ring (bicyclic) bond motifs is 1. The van der Waals surface area contributed by atoms with Gasteiger partial charge in [0.15, 0.2) is 5.16 Å². The van der Waals surface area contributed by atoms with Crippen LogP contribution in [0.15, 0.2) is 23.4 Å². The molecule has 2 N–H and O–H groups in total. The van der Waals surface area contributed by atoms with E-state index in [-0.39, 0.29) is 5.91 Å². The van der Waals surface area contributed by atoms with E-state index in [0.717, 1.165) is 16.2 Å². The molecular formula is C13H16ClN3OS. The van der Waals surface area contributed by atoms with Crippen LogP contribution in [0, 0.1) is 5.92 Å². The lowest BCUT2D eigenvalue weighted by molar-refractivity contribution is -0.118. The average Bonchev–Trinajstić information content (AvgIpc) is 2.75. The number of rotatable bonds is 5. The topological polar surface area (TPSA) is 57.8 Å². The molecule has 0 saturated carbocycles. The van der Waals surface area contributed by atoms with Crippen molar-refractivity contribution in [2.75, 3.05) is 12.3 Å². The van der Waals surface area contributed by atoms with Crippen molar-refractivity contribution in [2.45, 2.75) is 19.0 Å². The molecule has 1 amide bonds. The molecule has 1 heterocycles. The van der Waals surface area contributed by atoms with E-state index in [9.17, 15) is 4.79 Å². The Bertz CT molecular complexity index is 582. The summed E-state index contributed by atoms with van der Waals surface area (Å²) in [4.78, 5) is 19.1. The van der Waals surface area contributed by atoms with Crippen LogP contribution in [-0.2, 0) is 4.79 Å². The van der Waals surface area contributed by atoms with Crippen molar-refractivity contribution in [1.82, 2.24) is 15.3 Å². The minimum Gasteiger partial charge on any atom is -0.355 e. The molecular weight excluding hydrogens is 282 g/mol. The van der Waals surface area contributed by atoms with Gasteiger partial charge >= 0.3 is 0 Å². The number of hydrogen-bond donors (Lipinski definition) is 2. The fraction of sp³-hybridized carbons (Fsp3) is 0.385. The van der Waals surface area contributed by atoms with Crippen molar-refractivity contribution >= 4 is 40.3 Å². The Morgan fingerprint density at radius 3 is 3.05 bits per heavy atom. The zero-order valence-electron chi connectivity index (χ0n) is 10.9. The molecule has 6 heteroatoms. The van der Waals surface area contributed by atoms with Crippen molar-refractivity contribution in [3.8, 4) is 0 Å². The first-order valence-electron chi connectivity index (χ1n) is 6.09. The number of hydrogen-bond acceptors (Lipinski definition) is 3. The number of amides is 1. The molecule has 0 unspecified atom stereocenters. The third kappa shape index (κ3) is 4.14.